The summed E-state index contributed by atoms with van der Waals surface area (Å²) in [7, 11) is 0. The molecule has 0 fully saturated rings. The highest BCUT2D eigenvalue weighted by molar-refractivity contribution is 14.1. The zero-order chi connectivity index (χ0) is 11.4. The molecule has 2 aromatic carbocycles. The van der Waals surface area contributed by atoms with E-state index >= 15 is 0 Å². The summed E-state index contributed by atoms with van der Waals surface area (Å²) in [5.41, 5.74) is 1.89. The van der Waals surface area contributed by atoms with Crippen molar-refractivity contribution < 1.29 is 5.11 Å². The van der Waals surface area contributed by atoms with E-state index in [9.17, 15) is 0 Å². The Balaban J connectivity index is 2.15. The number of phenolic OH excluding ortho intramolecular Hbond substituents is 1. The molecule has 80 valence electrons. The Morgan fingerprint density at radius 2 is 1.56 bits per heavy atom. The molecular formula is C13H10INO. The van der Waals surface area contributed by atoms with E-state index in [1.807, 2.05) is 36.4 Å². The molecule has 0 spiro atoms. The lowest BCUT2D eigenvalue weighted by atomic mass is 10.2. The van der Waals surface area contributed by atoms with Crippen molar-refractivity contribution in [3.63, 3.8) is 0 Å². The summed E-state index contributed by atoms with van der Waals surface area (Å²) < 4.78 is 1.20. The van der Waals surface area contributed by atoms with Gasteiger partial charge in [0, 0.05) is 9.78 Å². The second-order valence-corrected chi connectivity index (χ2v) is 4.57. The van der Waals surface area contributed by atoms with Gasteiger partial charge in [-0.05, 0) is 76.7 Å². The van der Waals surface area contributed by atoms with E-state index in [0.29, 0.717) is 0 Å². The molecule has 0 aliphatic heterocycles. The molecule has 0 aliphatic carbocycles. The maximum Gasteiger partial charge on any atom is 0.115 e. The molecule has 0 aliphatic rings. The molecule has 0 radical (unpaired) electrons. The van der Waals surface area contributed by atoms with E-state index in [0.717, 1.165) is 11.3 Å². The van der Waals surface area contributed by atoms with Crippen LogP contribution in [-0.4, -0.2) is 11.3 Å². The van der Waals surface area contributed by atoms with Gasteiger partial charge in [-0.25, -0.2) is 0 Å². The van der Waals surface area contributed by atoms with Crippen LogP contribution in [0, 0.1) is 3.57 Å². The Morgan fingerprint density at radius 1 is 0.938 bits per heavy atom. The van der Waals surface area contributed by atoms with Crippen LogP contribution in [0.1, 0.15) is 5.56 Å². The van der Waals surface area contributed by atoms with Crippen LogP contribution in [0.25, 0.3) is 0 Å². The number of phenols is 1. The Hall–Kier alpha value is -1.36. The predicted octanol–water partition coefficient (Wildman–Crippen LogP) is 3.75. The SMILES string of the molecule is Oc1ccc(C=Nc2ccc(I)cc2)cc1. The molecule has 0 saturated carbocycles. The summed E-state index contributed by atoms with van der Waals surface area (Å²) in [6.07, 6.45) is 1.78. The highest BCUT2D eigenvalue weighted by Gasteiger charge is 1.90. The second kappa shape index (κ2) is 5.12. The van der Waals surface area contributed by atoms with Gasteiger partial charge in [-0.3, -0.25) is 4.99 Å². The molecule has 0 heterocycles. The lowest BCUT2D eigenvalue weighted by Crippen LogP contribution is -1.78. The number of nitrogens with zero attached hydrogens (tertiary/aromatic N) is 1. The third-order valence-electron chi connectivity index (χ3n) is 2.08. The van der Waals surface area contributed by atoms with Gasteiger partial charge in [-0.1, -0.05) is 0 Å². The molecule has 3 heteroatoms. The average Bonchev–Trinajstić information content (AvgIpc) is 2.30. The highest BCUT2D eigenvalue weighted by atomic mass is 127. The number of halogens is 1. The zero-order valence-electron chi connectivity index (χ0n) is 8.47. The van der Waals surface area contributed by atoms with Crippen molar-refractivity contribution in [1.82, 2.24) is 0 Å². The van der Waals surface area contributed by atoms with Crippen LogP contribution >= 0.6 is 22.6 Å². The van der Waals surface area contributed by atoms with Gasteiger partial charge in [-0.2, -0.15) is 0 Å². The summed E-state index contributed by atoms with van der Waals surface area (Å²) >= 11 is 2.26. The highest BCUT2D eigenvalue weighted by Crippen LogP contribution is 2.14. The first-order valence-electron chi connectivity index (χ1n) is 4.83. The van der Waals surface area contributed by atoms with Crippen LogP contribution in [-0.2, 0) is 0 Å². The Morgan fingerprint density at radius 3 is 2.19 bits per heavy atom. The minimum absolute atomic E-state index is 0.270. The van der Waals surface area contributed by atoms with Crippen molar-refractivity contribution in [2.75, 3.05) is 0 Å². The average molecular weight is 323 g/mol. The van der Waals surface area contributed by atoms with Crippen LogP contribution in [0.3, 0.4) is 0 Å². The van der Waals surface area contributed by atoms with Gasteiger partial charge in [0.2, 0.25) is 0 Å². The lowest BCUT2D eigenvalue weighted by molar-refractivity contribution is 0.475. The van der Waals surface area contributed by atoms with E-state index in [4.69, 9.17) is 5.11 Å². The molecular weight excluding hydrogens is 313 g/mol. The number of hydrogen-bond donors (Lipinski definition) is 1. The predicted molar refractivity (Wildman–Crippen MR) is 74.5 cm³/mol. The van der Waals surface area contributed by atoms with Crippen molar-refractivity contribution in [1.29, 1.82) is 0 Å². The molecule has 0 aromatic heterocycles. The number of hydrogen-bond acceptors (Lipinski definition) is 2. The van der Waals surface area contributed by atoms with Crippen molar-refractivity contribution >= 4 is 34.5 Å². The van der Waals surface area contributed by atoms with Gasteiger partial charge in [0.1, 0.15) is 5.75 Å². The number of rotatable bonds is 2. The van der Waals surface area contributed by atoms with Crippen LogP contribution in [0.2, 0.25) is 0 Å². The number of aromatic hydroxyl groups is 1. The lowest BCUT2D eigenvalue weighted by Gasteiger charge is -1.95. The Kier molecular flexibility index (Phi) is 3.56. The van der Waals surface area contributed by atoms with E-state index < -0.39 is 0 Å². The zero-order valence-corrected chi connectivity index (χ0v) is 10.6. The molecule has 2 rings (SSSR count). The Labute approximate surface area is 108 Å². The van der Waals surface area contributed by atoms with E-state index in [-0.39, 0.29) is 5.75 Å². The van der Waals surface area contributed by atoms with Gasteiger partial charge < -0.3 is 5.11 Å². The van der Waals surface area contributed by atoms with Crippen LogP contribution in [0.5, 0.6) is 5.75 Å². The molecule has 2 aromatic rings. The summed E-state index contributed by atoms with van der Waals surface area (Å²) in [6, 6.07) is 14.9. The first kappa shape index (κ1) is 11.1. The quantitative estimate of drug-likeness (QED) is 0.663. The largest absolute Gasteiger partial charge is 0.508 e. The second-order valence-electron chi connectivity index (χ2n) is 3.33. The smallest absolute Gasteiger partial charge is 0.115 e. The standard InChI is InChI=1S/C13H10INO/c14-11-3-5-12(6-4-11)15-9-10-1-7-13(16)8-2-10/h1-9,16H. The van der Waals surface area contributed by atoms with Crippen LogP contribution < -0.4 is 0 Å². The number of aliphatic imine (C=N–C) groups is 1. The fraction of sp³-hybridized carbons (Fsp3) is 0. The topological polar surface area (TPSA) is 32.6 Å². The monoisotopic (exact) mass is 323 g/mol. The maximum atomic E-state index is 9.13. The van der Waals surface area contributed by atoms with Gasteiger partial charge >= 0.3 is 0 Å². The summed E-state index contributed by atoms with van der Waals surface area (Å²) in [5.74, 6) is 0.270. The summed E-state index contributed by atoms with van der Waals surface area (Å²) in [6.45, 7) is 0. The van der Waals surface area contributed by atoms with E-state index in [1.54, 1.807) is 18.3 Å². The van der Waals surface area contributed by atoms with Gasteiger partial charge in [0.05, 0.1) is 5.69 Å². The van der Waals surface area contributed by atoms with Crippen molar-refractivity contribution in [2.45, 2.75) is 0 Å². The van der Waals surface area contributed by atoms with Gasteiger partial charge in [0.25, 0.3) is 0 Å². The Bertz CT molecular complexity index is 441. The van der Waals surface area contributed by atoms with E-state index in [1.165, 1.54) is 3.57 Å². The molecule has 0 atom stereocenters. The van der Waals surface area contributed by atoms with Crippen LogP contribution in [0.15, 0.2) is 53.5 Å². The molecule has 2 nitrogen and oxygen atoms in total. The van der Waals surface area contributed by atoms with Gasteiger partial charge in [0.15, 0.2) is 0 Å². The van der Waals surface area contributed by atoms with Crippen molar-refractivity contribution in [3.8, 4) is 5.75 Å². The van der Waals surface area contributed by atoms with Crippen molar-refractivity contribution in [2.24, 2.45) is 4.99 Å². The molecule has 1 N–H and O–H groups in total. The van der Waals surface area contributed by atoms with Crippen molar-refractivity contribution in [3.05, 3.63) is 57.7 Å². The first-order chi connectivity index (χ1) is 7.74. The summed E-state index contributed by atoms with van der Waals surface area (Å²) in [4.78, 5) is 4.34. The minimum Gasteiger partial charge on any atom is -0.508 e. The third-order valence-corrected chi connectivity index (χ3v) is 2.80. The number of benzene rings is 2. The molecule has 0 bridgehead atoms. The molecule has 0 amide bonds. The van der Waals surface area contributed by atoms with Crippen LogP contribution in [0.4, 0.5) is 5.69 Å². The molecule has 0 unspecified atom stereocenters. The fourth-order valence-electron chi connectivity index (χ4n) is 1.24. The van der Waals surface area contributed by atoms with Gasteiger partial charge in [-0.15, -0.1) is 0 Å². The van der Waals surface area contributed by atoms with E-state index in [2.05, 4.69) is 27.6 Å². The normalized spacial score (nSPS) is 10.8. The molecule has 0 saturated heterocycles. The fourth-order valence-corrected chi connectivity index (χ4v) is 1.60. The first-order valence-corrected chi connectivity index (χ1v) is 5.90. The molecule has 16 heavy (non-hydrogen) atoms. The minimum atomic E-state index is 0.270. The summed E-state index contributed by atoms with van der Waals surface area (Å²) in [5, 5.41) is 9.13. The third kappa shape index (κ3) is 3.06. The maximum absolute atomic E-state index is 9.13.